The number of anilines is 1. The number of carbonyl (C=O) groups is 1. The van der Waals surface area contributed by atoms with Crippen molar-refractivity contribution in [2.24, 2.45) is 0 Å². The van der Waals surface area contributed by atoms with Crippen LogP contribution in [0.5, 0.6) is 0 Å². The smallest absolute Gasteiger partial charge is 0.270 e. The molecule has 0 radical (unpaired) electrons. The van der Waals surface area contributed by atoms with Crippen LogP contribution in [0.3, 0.4) is 0 Å². The van der Waals surface area contributed by atoms with Gasteiger partial charge in [-0.05, 0) is 18.6 Å². The summed E-state index contributed by atoms with van der Waals surface area (Å²) < 4.78 is 4.89. The summed E-state index contributed by atoms with van der Waals surface area (Å²) in [6.07, 6.45) is 1.57. The molecular weight excluding hydrogens is 280 g/mol. The fourth-order valence-electron chi connectivity index (χ4n) is 1.93. The average molecular weight is 300 g/mol. The Labute approximate surface area is 129 Å². The van der Waals surface area contributed by atoms with Gasteiger partial charge in [0.1, 0.15) is 5.69 Å². The van der Waals surface area contributed by atoms with Gasteiger partial charge in [0.2, 0.25) is 5.95 Å². The summed E-state index contributed by atoms with van der Waals surface area (Å²) in [5, 5.41) is 5.92. The zero-order chi connectivity index (χ0) is 15.8. The molecule has 0 saturated carbocycles. The van der Waals surface area contributed by atoms with E-state index < -0.39 is 0 Å². The van der Waals surface area contributed by atoms with Crippen molar-refractivity contribution in [3.63, 3.8) is 0 Å². The summed E-state index contributed by atoms with van der Waals surface area (Å²) in [5.74, 6) is 0.186. The Morgan fingerprint density at radius 2 is 2.05 bits per heavy atom. The van der Waals surface area contributed by atoms with E-state index in [2.05, 4.69) is 20.6 Å². The third kappa shape index (κ3) is 4.53. The lowest BCUT2D eigenvalue weighted by Gasteiger charge is -2.14. The monoisotopic (exact) mass is 300 g/mol. The maximum absolute atomic E-state index is 11.9. The zero-order valence-electron chi connectivity index (χ0n) is 12.7. The van der Waals surface area contributed by atoms with Crippen molar-refractivity contribution in [1.29, 1.82) is 0 Å². The van der Waals surface area contributed by atoms with E-state index in [-0.39, 0.29) is 11.9 Å². The number of benzene rings is 1. The molecule has 2 rings (SSSR count). The molecule has 0 aliphatic heterocycles. The number of aromatic nitrogens is 2. The fourth-order valence-corrected chi connectivity index (χ4v) is 1.93. The number of amides is 1. The normalized spacial score (nSPS) is 11.7. The number of rotatable bonds is 7. The van der Waals surface area contributed by atoms with Gasteiger partial charge in [0.15, 0.2) is 0 Å². The minimum atomic E-state index is -0.241. The summed E-state index contributed by atoms with van der Waals surface area (Å²) in [6.45, 7) is 2.93. The molecule has 6 heteroatoms. The zero-order valence-corrected chi connectivity index (χ0v) is 12.7. The quantitative estimate of drug-likeness (QED) is 0.765. The number of methoxy groups -OCH3 is 1. The van der Waals surface area contributed by atoms with E-state index >= 15 is 0 Å². The predicted octanol–water partition coefficient (Wildman–Crippen LogP) is 2.03. The summed E-state index contributed by atoms with van der Waals surface area (Å²) in [4.78, 5) is 20.3. The highest BCUT2D eigenvalue weighted by atomic mass is 16.5. The van der Waals surface area contributed by atoms with Gasteiger partial charge in [0.25, 0.3) is 5.91 Å². The standard InChI is InChI=1S/C16H20N4O2/c1-12(13-6-4-3-5-7-13)19-16-18-9-8-14(20-16)15(21)17-10-11-22-2/h3-9,12H,10-11H2,1-2H3,(H,17,21)(H,18,19,20). The first-order valence-corrected chi connectivity index (χ1v) is 7.12. The van der Waals surface area contributed by atoms with Gasteiger partial charge >= 0.3 is 0 Å². The van der Waals surface area contributed by atoms with E-state index in [4.69, 9.17) is 4.74 Å². The maximum Gasteiger partial charge on any atom is 0.270 e. The molecule has 0 fully saturated rings. The van der Waals surface area contributed by atoms with Crippen LogP contribution in [-0.2, 0) is 4.74 Å². The van der Waals surface area contributed by atoms with Gasteiger partial charge in [-0.1, -0.05) is 30.3 Å². The lowest BCUT2D eigenvalue weighted by Crippen LogP contribution is -2.28. The summed E-state index contributed by atoms with van der Waals surface area (Å²) in [5.41, 5.74) is 1.45. The molecule has 0 aliphatic rings. The topological polar surface area (TPSA) is 76.1 Å². The van der Waals surface area contributed by atoms with Gasteiger partial charge < -0.3 is 15.4 Å². The molecule has 1 aromatic carbocycles. The molecular formula is C16H20N4O2. The molecule has 1 unspecified atom stereocenters. The van der Waals surface area contributed by atoms with Gasteiger partial charge in [-0.15, -0.1) is 0 Å². The minimum Gasteiger partial charge on any atom is -0.383 e. The minimum absolute atomic E-state index is 0.0491. The molecule has 0 aliphatic carbocycles. The Balaban J connectivity index is 2.00. The third-order valence-corrected chi connectivity index (χ3v) is 3.13. The molecule has 0 bridgehead atoms. The SMILES string of the molecule is COCCNC(=O)c1ccnc(NC(C)c2ccccc2)n1. The van der Waals surface area contributed by atoms with E-state index in [9.17, 15) is 4.79 Å². The summed E-state index contributed by atoms with van der Waals surface area (Å²) >= 11 is 0. The van der Waals surface area contributed by atoms with Gasteiger partial charge in [-0.3, -0.25) is 4.79 Å². The lowest BCUT2D eigenvalue weighted by molar-refractivity contribution is 0.0932. The molecule has 0 saturated heterocycles. The number of hydrogen-bond acceptors (Lipinski definition) is 5. The highest BCUT2D eigenvalue weighted by Gasteiger charge is 2.10. The van der Waals surface area contributed by atoms with Crippen LogP contribution >= 0.6 is 0 Å². The molecule has 22 heavy (non-hydrogen) atoms. The molecule has 2 N–H and O–H groups in total. The van der Waals surface area contributed by atoms with Gasteiger partial charge in [0, 0.05) is 19.9 Å². The number of ether oxygens (including phenoxy) is 1. The van der Waals surface area contributed by atoms with Gasteiger partial charge in [0.05, 0.1) is 12.6 Å². The van der Waals surface area contributed by atoms with Crippen LogP contribution in [0.4, 0.5) is 5.95 Å². The van der Waals surface area contributed by atoms with Gasteiger partial charge in [-0.25, -0.2) is 9.97 Å². The third-order valence-electron chi connectivity index (χ3n) is 3.13. The van der Waals surface area contributed by atoms with Crippen molar-refractivity contribution in [3.05, 3.63) is 53.9 Å². The van der Waals surface area contributed by atoms with Crippen molar-refractivity contribution >= 4 is 11.9 Å². The second-order valence-corrected chi connectivity index (χ2v) is 4.79. The second kappa shape index (κ2) is 8.09. The van der Waals surface area contributed by atoms with E-state index in [1.54, 1.807) is 19.4 Å². The van der Waals surface area contributed by atoms with Crippen LogP contribution < -0.4 is 10.6 Å². The Bertz CT molecular complexity index is 604. The second-order valence-electron chi connectivity index (χ2n) is 4.79. The highest BCUT2D eigenvalue weighted by Crippen LogP contribution is 2.16. The van der Waals surface area contributed by atoms with Crippen LogP contribution in [0.25, 0.3) is 0 Å². The molecule has 2 aromatic rings. The van der Waals surface area contributed by atoms with Crippen LogP contribution in [-0.4, -0.2) is 36.1 Å². The van der Waals surface area contributed by atoms with Crippen molar-refractivity contribution < 1.29 is 9.53 Å². The van der Waals surface area contributed by atoms with Crippen molar-refractivity contribution in [1.82, 2.24) is 15.3 Å². The van der Waals surface area contributed by atoms with Crippen molar-refractivity contribution in [2.75, 3.05) is 25.6 Å². The van der Waals surface area contributed by atoms with Crippen LogP contribution in [0.1, 0.15) is 29.0 Å². The van der Waals surface area contributed by atoms with E-state index in [1.165, 1.54) is 0 Å². The largest absolute Gasteiger partial charge is 0.383 e. The molecule has 1 heterocycles. The molecule has 1 atom stereocenters. The van der Waals surface area contributed by atoms with E-state index in [1.807, 2.05) is 37.3 Å². The Hall–Kier alpha value is -2.47. The number of hydrogen-bond donors (Lipinski definition) is 2. The molecule has 1 aromatic heterocycles. The van der Waals surface area contributed by atoms with Gasteiger partial charge in [-0.2, -0.15) is 0 Å². The Morgan fingerprint density at radius 1 is 1.27 bits per heavy atom. The number of nitrogens with one attached hydrogen (secondary N) is 2. The Kier molecular flexibility index (Phi) is 5.85. The lowest BCUT2D eigenvalue weighted by atomic mass is 10.1. The first-order chi connectivity index (χ1) is 10.7. The van der Waals surface area contributed by atoms with Crippen molar-refractivity contribution in [3.8, 4) is 0 Å². The predicted molar refractivity (Wildman–Crippen MR) is 84.7 cm³/mol. The number of nitrogens with zero attached hydrogens (tertiary/aromatic N) is 2. The highest BCUT2D eigenvalue weighted by molar-refractivity contribution is 5.92. The van der Waals surface area contributed by atoms with Crippen LogP contribution in [0, 0.1) is 0 Å². The summed E-state index contributed by atoms with van der Waals surface area (Å²) in [6, 6.07) is 11.6. The maximum atomic E-state index is 11.9. The molecule has 1 amide bonds. The fraction of sp³-hybridized carbons (Fsp3) is 0.312. The number of carbonyl (C=O) groups excluding carboxylic acids is 1. The first-order valence-electron chi connectivity index (χ1n) is 7.12. The van der Waals surface area contributed by atoms with Crippen LogP contribution in [0.15, 0.2) is 42.6 Å². The van der Waals surface area contributed by atoms with Crippen LogP contribution in [0.2, 0.25) is 0 Å². The van der Waals surface area contributed by atoms with Crippen molar-refractivity contribution in [2.45, 2.75) is 13.0 Å². The first kappa shape index (κ1) is 15.9. The average Bonchev–Trinajstić information content (AvgIpc) is 2.56. The van der Waals surface area contributed by atoms with E-state index in [0.717, 1.165) is 5.56 Å². The molecule has 6 nitrogen and oxygen atoms in total. The molecule has 0 spiro atoms. The van der Waals surface area contributed by atoms with E-state index in [0.29, 0.717) is 24.8 Å². The Morgan fingerprint density at radius 3 is 2.77 bits per heavy atom. The molecule has 116 valence electrons. The summed E-state index contributed by atoms with van der Waals surface area (Å²) in [7, 11) is 1.59.